The van der Waals surface area contributed by atoms with Crippen LogP contribution in [0.3, 0.4) is 0 Å². The first-order valence-corrected chi connectivity index (χ1v) is 12.8. The zero-order chi connectivity index (χ0) is 25.4. The number of amides is 1. The molecule has 1 amide bonds. The minimum atomic E-state index is -1.10. The average molecular weight is 519 g/mol. The highest BCUT2D eigenvalue weighted by Gasteiger charge is 2.24. The Hall–Kier alpha value is -4.02. The van der Waals surface area contributed by atoms with E-state index in [2.05, 4.69) is 10.3 Å². The van der Waals surface area contributed by atoms with Gasteiger partial charge in [-0.25, -0.2) is 14.5 Å². The predicted molar refractivity (Wildman–Crippen MR) is 142 cm³/mol. The number of para-hydroxylation sites is 2. The Morgan fingerprint density at radius 2 is 1.72 bits per heavy atom. The van der Waals surface area contributed by atoms with Gasteiger partial charge in [-0.1, -0.05) is 30.3 Å². The number of anilines is 1. The molecule has 0 aliphatic carbocycles. The Kier molecular flexibility index (Phi) is 6.29. The van der Waals surface area contributed by atoms with Gasteiger partial charge >= 0.3 is 5.97 Å². The molecule has 0 radical (unpaired) electrons. The minimum absolute atomic E-state index is 0.142. The summed E-state index contributed by atoms with van der Waals surface area (Å²) in [6.45, 7) is 3.21. The standard InChI is InChI=1S/C26H22N4O4S2/c1-15-22(25(32)30(29(15)3)17-9-5-4-6-10-17)28-23(31)16(2)34-26(33)21-14-13-20(35-21)24-27-18-11-7-8-12-19(18)36-24/h4-14,16H,1-3H3,(H,28,31)/t16-/m1/s1. The number of esters is 1. The van der Waals surface area contributed by atoms with Crippen LogP contribution in [0.5, 0.6) is 0 Å². The summed E-state index contributed by atoms with van der Waals surface area (Å²) in [5, 5.41) is 3.46. The van der Waals surface area contributed by atoms with Gasteiger partial charge in [0.15, 0.2) is 6.10 Å². The van der Waals surface area contributed by atoms with Gasteiger partial charge in [0, 0.05) is 7.05 Å². The van der Waals surface area contributed by atoms with Crippen molar-refractivity contribution in [2.45, 2.75) is 20.0 Å². The average Bonchev–Trinajstić information content (AvgIpc) is 3.58. The highest BCUT2D eigenvalue weighted by atomic mass is 32.1. The van der Waals surface area contributed by atoms with Crippen molar-refractivity contribution < 1.29 is 14.3 Å². The number of nitrogens with one attached hydrogen (secondary N) is 1. The van der Waals surface area contributed by atoms with Crippen molar-refractivity contribution in [1.82, 2.24) is 14.3 Å². The predicted octanol–water partition coefficient (Wildman–Crippen LogP) is 5.01. The maximum Gasteiger partial charge on any atom is 0.349 e. The second-order valence-electron chi connectivity index (χ2n) is 8.12. The van der Waals surface area contributed by atoms with E-state index in [4.69, 9.17) is 4.74 Å². The van der Waals surface area contributed by atoms with E-state index in [1.807, 2.05) is 48.5 Å². The van der Waals surface area contributed by atoms with Crippen LogP contribution in [0.25, 0.3) is 25.8 Å². The molecule has 182 valence electrons. The molecule has 1 N–H and O–H groups in total. The molecule has 36 heavy (non-hydrogen) atoms. The van der Waals surface area contributed by atoms with Gasteiger partial charge in [0.25, 0.3) is 11.5 Å². The van der Waals surface area contributed by atoms with Crippen LogP contribution in [0.15, 0.2) is 71.5 Å². The van der Waals surface area contributed by atoms with Gasteiger partial charge in [0.05, 0.1) is 26.5 Å². The zero-order valence-corrected chi connectivity index (χ0v) is 21.4. The van der Waals surface area contributed by atoms with Crippen molar-refractivity contribution in [2.75, 3.05) is 5.32 Å². The zero-order valence-electron chi connectivity index (χ0n) is 19.7. The molecule has 3 heterocycles. The van der Waals surface area contributed by atoms with Crippen LogP contribution in [0.2, 0.25) is 0 Å². The van der Waals surface area contributed by atoms with Crippen LogP contribution in [0.1, 0.15) is 22.3 Å². The number of nitrogens with zero attached hydrogens (tertiary/aromatic N) is 3. The number of rotatable bonds is 6. The lowest BCUT2D eigenvalue weighted by molar-refractivity contribution is -0.123. The molecule has 0 unspecified atom stereocenters. The van der Waals surface area contributed by atoms with Crippen molar-refractivity contribution in [1.29, 1.82) is 0 Å². The molecule has 5 rings (SSSR count). The van der Waals surface area contributed by atoms with E-state index in [-0.39, 0.29) is 11.2 Å². The highest BCUT2D eigenvalue weighted by molar-refractivity contribution is 7.26. The number of aromatic nitrogens is 3. The van der Waals surface area contributed by atoms with Gasteiger partial charge < -0.3 is 10.1 Å². The van der Waals surface area contributed by atoms with Gasteiger partial charge in [0.2, 0.25) is 0 Å². The fraction of sp³-hybridized carbons (Fsp3) is 0.154. The maximum absolute atomic E-state index is 13.0. The van der Waals surface area contributed by atoms with Crippen molar-refractivity contribution in [3.8, 4) is 15.6 Å². The van der Waals surface area contributed by atoms with Gasteiger partial charge in [-0.15, -0.1) is 22.7 Å². The molecule has 3 aromatic heterocycles. The van der Waals surface area contributed by atoms with E-state index >= 15 is 0 Å². The molecule has 0 saturated heterocycles. The number of fused-ring (bicyclic) bond motifs is 1. The van der Waals surface area contributed by atoms with Gasteiger partial charge in [-0.3, -0.25) is 14.3 Å². The topological polar surface area (TPSA) is 95.2 Å². The fourth-order valence-electron chi connectivity index (χ4n) is 3.75. The largest absolute Gasteiger partial charge is 0.448 e. The monoisotopic (exact) mass is 518 g/mol. The quantitative estimate of drug-likeness (QED) is 0.319. The Balaban J connectivity index is 1.29. The smallest absolute Gasteiger partial charge is 0.349 e. The summed E-state index contributed by atoms with van der Waals surface area (Å²) in [6, 6.07) is 20.5. The molecular formula is C26H22N4O4S2. The Morgan fingerprint density at radius 1 is 1.00 bits per heavy atom. The second-order valence-corrected chi connectivity index (χ2v) is 10.2. The molecular weight excluding hydrogens is 496 g/mol. The van der Waals surface area contributed by atoms with E-state index in [0.29, 0.717) is 16.3 Å². The summed E-state index contributed by atoms with van der Waals surface area (Å²) in [4.78, 5) is 44.4. The Bertz CT molecular complexity index is 1610. The first kappa shape index (κ1) is 23.7. The normalized spacial score (nSPS) is 12.0. The lowest BCUT2D eigenvalue weighted by Crippen LogP contribution is -2.32. The first-order valence-electron chi connectivity index (χ1n) is 11.1. The number of carbonyl (C=O) groups is 2. The van der Waals surface area contributed by atoms with Crippen molar-refractivity contribution in [3.63, 3.8) is 0 Å². The van der Waals surface area contributed by atoms with Crippen LogP contribution >= 0.6 is 22.7 Å². The first-order chi connectivity index (χ1) is 17.3. The summed E-state index contributed by atoms with van der Waals surface area (Å²) < 4.78 is 9.61. The Labute approximate surface area is 214 Å². The van der Waals surface area contributed by atoms with Crippen molar-refractivity contribution in [2.24, 2.45) is 7.05 Å². The molecule has 0 bridgehead atoms. The molecule has 8 nitrogen and oxygen atoms in total. The van der Waals surface area contributed by atoms with E-state index in [0.717, 1.165) is 20.1 Å². The number of thiazole rings is 1. The van der Waals surface area contributed by atoms with E-state index in [9.17, 15) is 14.4 Å². The molecule has 0 aliphatic heterocycles. The summed E-state index contributed by atoms with van der Waals surface area (Å²) in [6.07, 6.45) is -1.10. The number of carbonyl (C=O) groups excluding carboxylic acids is 2. The molecule has 0 fully saturated rings. The van der Waals surface area contributed by atoms with Crippen molar-refractivity contribution in [3.05, 3.63) is 87.7 Å². The third kappa shape index (κ3) is 4.36. The van der Waals surface area contributed by atoms with E-state index in [1.54, 1.807) is 48.2 Å². The molecule has 5 aromatic rings. The van der Waals surface area contributed by atoms with Crippen LogP contribution in [0.4, 0.5) is 5.69 Å². The third-order valence-electron chi connectivity index (χ3n) is 5.77. The lowest BCUT2D eigenvalue weighted by atomic mass is 10.3. The second kappa shape index (κ2) is 9.56. The van der Waals surface area contributed by atoms with E-state index in [1.165, 1.54) is 22.9 Å². The van der Waals surface area contributed by atoms with E-state index < -0.39 is 18.0 Å². The van der Waals surface area contributed by atoms with Crippen molar-refractivity contribution >= 4 is 50.5 Å². The maximum atomic E-state index is 13.0. The highest BCUT2D eigenvalue weighted by Crippen LogP contribution is 2.34. The summed E-state index contributed by atoms with van der Waals surface area (Å²) in [5.41, 5.74) is 1.93. The summed E-state index contributed by atoms with van der Waals surface area (Å²) in [7, 11) is 1.74. The lowest BCUT2D eigenvalue weighted by Gasteiger charge is -2.12. The SMILES string of the molecule is Cc1c(NC(=O)[C@@H](C)OC(=O)c2ccc(-c3nc4ccccc4s3)s2)c(=O)n(-c2ccccc2)n1C. The third-order valence-corrected chi connectivity index (χ3v) is 8.04. The van der Waals surface area contributed by atoms with Gasteiger partial charge in [-0.05, 0) is 50.2 Å². The Morgan fingerprint density at radius 3 is 2.47 bits per heavy atom. The van der Waals surface area contributed by atoms with Crippen LogP contribution in [0, 0.1) is 6.92 Å². The number of hydrogen-bond acceptors (Lipinski definition) is 7. The molecule has 0 saturated carbocycles. The molecule has 2 aromatic carbocycles. The van der Waals surface area contributed by atoms with Crippen LogP contribution in [-0.4, -0.2) is 32.3 Å². The molecule has 0 spiro atoms. The van der Waals surface area contributed by atoms with Gasteiger partial charge in [-0.2, -0.15) is 0 Å². The number of ether oxygens (including phenoxy) is 1. The number of thiophene rings is 1. The van der Waals surface area contributed by atoms with Gasteiger partial charge in [0.1, 0.15) is 15.6 Å². The van der Waals surface area contributed by atoms with Crippen LogP contribution < -0.4 is 10.9 Å². The summed E-state index contributed by atoms with van der Waals surface area (Å²) in [5.74, 6) is -1.20. The van der Waals surface area contributed by atoms with Crippen LogP contribution in [-0.2, 0) is 16.6 Å². The molecule has 10 heteroatoms. The fourth-order valence-corrected chi connectivity index (χ4v) is 5.66. The summed E-state index contributed by atoms with van der Waals surface area (Å²) >= 11 is 2.81. The minimum Gasteiger partial charge on any atom is -0.448 e. The number of hydrogen-bond donors (Lipinski definition) is 1. The molecule has 0 aliphatic rings. The number of benzene rings is 2. The molecule has 1 atom stereocenters.